The van der Waals surface area contributed by atoms with E-state index in [9.17, 15) is 0 Å². The average Bonchev–Trinajstić information content (AvgIpc) is 2.48. The highest BCUT2D eigenvalue weighted by Gasteiger charge is 2.21. The zero-order valence-electron chi connectivity index (χ0n) is 13.5. The molecule has 0 aromatic heterocycles. The Morgan fingerprint density at radius 1 is 0.870 bits per heavy atom. The van der Waals surface area contributed by atoms with Crippen molar-refractivity contribution in [2.24, 2.45) is 0 Å². The predicted octanol–water partition coefficient (Wildman–Crippen LogP) is -4.92. The van der Waals surface area contributed by atoms with E-state index >= 15 is 0 Å². The minimum Gasteiger partial charge on any atom is -0.378 e. The first-order valence-electron chi connectivity index (χ1n) is 7.26. The quantitative estimate of drug-likeness (QED) is 0.365. The van der Waals surface area contributed by atoms with E-state index in [-0.39, 0.29) is 0 Å². The maximum absolute atomic E-state index is 8.49. The average molecular weight is 354 g/mol. The van der Waals surface area contributed by atoms with Crippen LogP contribution in [0.5, 0.6) is 0 Å². The Bertz CT molecular complexity index is 371. The van der Waals surface area contributed by atoms with E-state index in [2.05, 4.69) is 26.7 Å². The van der Waals surface area contributed by atoms with E-state index in [1.165, 1.54) is 5.82 Å². The van der Waals surface area contributed by atoms with Crippen LogP contribution in [0.4, 0.5) is 0 Å². The lowest BCUT2D eigenvalue weighted by atomic mass is 10.3. The summed E-state index contributed by atoms with van der Waals surface area (Å²) in [6.07, 6.45) is 4.32. The lowest BCUT2D eigenvalue weighted by molar-refractivity contribution is -2.00. The van der Waals surface area contributed by atoms with Gasteiger partial charge >= 0.3 is 0 Å². The number of nitrogens with zero attached hydrogens (tertiary/aromatic N) is 3. The molecule has 0 aliphatic carbocycles. The summed E-state index contributed by atoms with van der Waals surface area (Å²) in [5.74, 6) is 1.30. The summed E-state index contributed by atoms with van der Waals surface area (Å²) in [5, 5.41) is 0. The molecule has 0 atom stereocenters. The van der Waals surface area contributed by atoms with Gasteiger partial charge in [-0.1, -0.05) is 0 Å². The van der Waals surface area contributed by atoms with Crippen LogP contribution in [0.15, 0.2) is 11.9 Å². The highest BCUT2D eigenvalue weighted by atomic mass is 35.7. The molecule has 134 valence electrons. The molecule has 9 nitrogen and oxygen atoms in total. The number of hydrogen-bond acceptors (Lipinski definition) is 8. The normalized spacial score (nSPS) is 18.7. The molecular weight excluding hydrogens is 330 g/mol. The Hall–Kier alpha value is -0.940. The molecular formula is C13H24ClN3O6. The van der Waals surface area contributed by atoms with Crippen molar-refractivity contribution in [3.8, 4) is 0 Å². The molecule has 2 heterocycles. The van der Waals surface area contributed by atoms with Gasteiger partial charge in [-0.15, -0.1) is 10.2 Å². The fourth-order valence-corrected chi connectivity index (χ4v) is 2.21. The summed E-state index contributed by atoms with van der Waals surface area (Å²) >= 11 is 0. The molecule has 2 saturated heterocycles. The van der Waals surface area contributed by atoms with Crippen molar-refractivity contribution < 1.29 is 42.9 Å². The molecule has 2 rings (SSSR count). The van der Waals surface area contributed by atoms with Crippen LogP contribution in [-0.4, -0.2) is 87.3 Å². The largest absolute Gasteiger partial charge is 0.378 e. The smallest absolute Gasteiger partial charge is 0.166 e. The molecule has 0 aromatic rings. The van der Waals surface area contributed by atoms with Crippen LogP contribution in [0.3, 0.4) is 0 Å². The van der Waals surface area contributed by atoms with Crippen LogP contribution < -0.4 is 18.6 Å². The van der Waals surface area contributed by atoms with Gasteiger partial charge in [0.2, 0.25) is 0 Å². The first-order valence-corrected chi connectivity index (χ1v) is 8.49. The molecule has 0 amide bonds. The molecule has 0 spiro atoms. The second-order valence-corrected chi connectivity index (χ2v) is 5.97. The van der Waals surface area contributed by atoms with Gasteiger partial charge in [0, 0.05) is 32.3 Å². The topological polar surface area (TPSA) is 120 Å². The van der Waals surface area contributed by atoms with E-state index in [0.29, 0.717) is 0 Å². The van der Waals surface area contributed by atoms with Crippen molar-refractivity contribution in [1.29, 1.82) is 0 Å². The summed E-state index contributed by atoms with van der Waals surface area (Å²) < 4.78 is 46.9. The fraction of sp³-hybridized carbons (Fsp3) is 0.769. The highest BCUT2D eigenvalue weighted by Crippen LogP contribution is 2.14. The van der Waals surface area contributed by atoms with Gasteiger partial charge in [0.05, 0.1) is 26.4 Å². The monoisotopic (exact) mass is 353 g/mol. The fourth-order valence-electron chi connectivity index (χ4n) is 2.21. The molecule has 0 bridgehead atoms. The molecule has 0 N–H and O–H groups in total. The van der Waals surface area contributed by atoms with Crippen LogP contribution in [-0.2, 0) is 9.47 Å². The lowest BCUT2D eigenvalue weighted by Crippen LogP contribution is -2.68. The van der Waals surface area contributed by atoms with Crippen molar-refractivity contribution in [3.05, 3.63) is 11.9 Å². The van der Waals surface area contributed by atoms with Gasteiger partial charge in [0.25, 0.3) is 0 Å². The summed E-state index contributed by atoms with van der Waals surface area (Å²) in [4.78, 5) is 4.82. The molecule has 2 fully saturated rings. The summed E-state index contributed by atoms with van der Waals surface area (Å²) in [5.41, 5.74) is 0. The second kappa shape index (κ2) is 10.0. The van der Waals surface area contributed by atoms with Gasteiger partial charge < -0.3 is 19.3 Å². The molecule has 0 saturated carbocycles. The zero-order chi connectivity index (χ0) is 17.3. The van der Waals surface area contributed by atoms with Crippen LogP contribution in [0, 0.1) is 10.2 Å². The predicted molar refractivity (Wildman–Crippen MR) is 71.0 cm³/mol. The van der Waals surface area contributed by atoms with E-state index < -0.39 is 10.2 Å². The molecule has 23 heavy (non-hydrogen) atoms. The Labute approximate surface area is 138 Å². The van der Waals surface area contributed by atoms with E-state index in [1.54, 1.807) is 0 Å². The Morgan fingerprint density at radius 3 is 1.52 bits per heavy atom. The molecule has 0 unspecified atom stereocenters. The third-order valence-corrected chi connectivity index (χ3v) is 3.19. The molecule has 10 heteroatoms. The number of ether oxygens (including phenoxy) is 2. The lowest BCUT2D eigenvalue weighted by Gasteiger charge is -2.39. The van der Waals surface area contributed by atoms with Gasteiger partial charge in [-0.3, -0.25) is 0 Å². The van der Waals surface area contributed by atoms with E-state index in [1.807, 2.05) is 14.1 Å². The number of rotatable bonds is 3. The molecule has 0 radical (unpaired) electrons. The summed E-state index contributed by atoms with van der Waals surface area (Å²) in [7, 11) is -0.848. The third-order valence-electron chi connectivity index (χ3n) is 3.19. The zero-order valence-corrected chi connectivity index (χ0v) is 14.2. The number of morpholine rings is 2. The summed E-state index contributed by atoms with van der Waals surface area (Å²) in [6.45, 7) is 7.20. The van der Waals surface area contributed by atoms with Crippen molar-refractivity contribution in [2.45, 2.75) is 0 Å². The Balaban J connectivity index is 0.000000463. The van der Waals surface area contributed by atoms with Gasteiger partial charge in [-0.25, -0.2) is 23.2 Å². The van der Waals surface area contributed by atoms with Crippen molar-refractivity contribution in [1.82, 2.24) is 9.80 Å². The Kier molecular flexibility index (Phi) is 8.77. The van der Waals surface area contributed by atoms with Crippen LogP contribution >= 0.6 is 0 Å². The van der Waals surface area contributed by atoms with Crippen molar-refractivity contribution in [2.75, 3.05) is 66.7 Å². The van der Waals surface area contributed by atoms with Crippen LogP contribution in [0.2, 0.25) is 0 Å². The van der Waals surface area contributed by atoms with E-state index in [0.717, 1.165) is 52.6 Å². The number of halogens is 1. The van der Waals surface area contributed by atoms with Gasteiger partial charge in [-0.2, -0.15) is 0 Å². The third kappa shape index (κ3) is 9.72. The minimum absolute atomic E-state index is 0.823. The minimum atomic E-state index is -4.94. The second-order valence-electron chi connectivity index (χ2n) is 5.21. The van der Waals surface area contributed by atoms with E-state index in [4.69, 9.17) is 28.1 Å². The molecule has 2 aliphatic heterocycles. The number of allylic oxidation sites excluding steroid dienone is 1. The van der Waals surface area contributed by atoms with Crippen molar-refractivity contribution >= 4 is 6.21 Å². The van der Waals surface area contributed by atoms with Crippen molar-refractivity contribution in [3.63, 3.8) is 0 Å². The highest BCUT2D eigenvalue weighted by molar-refractivity contribution is 5.67. The first kappa shape index (κ1) is 20.1. The first-order chi connectivity index (χ1) is 10.8. The molecule has 2 aliphatic rings. The van der Waals surface area contributed by atoms with Gasteiger partial charge in [0.1, 0.15) is 19.9 Å². The number of hydrogen-bond donors (Lipinski definition) is 0. The maximum atomic E-state index is 8.49. The Morgan fingerprint density at radius 2 is 1.22 bits per heavy atom. The van der Waals surface area contributed by atoms with Crippen LogP contribution in [0.1, 0.15) is 0 Å². The standard InChI is InChI=1S/C13H24N3O2.ClHO4/c1-14(2)4-3-13(15-5-9-17-10-6-15)16-7-11-18-12-8-16;2-1(3,4)5/h3-4H,5-12H2,1-2H3;(H,2,3,4,5)/q+1;/p-1. The van der Waals surface area contributed by atoms with Crippen LogP contribution in [0.25, 0.3) is 0 Å². The SMILES string of the molecule is C[N+](C)=CC=C(N1CCOCC1)N1CCOCC1.[O-][Cl+3]([O-])([O-])[O-]. The van der Waals surface area contributed by atoms with Gasteiger partial charge in [-0.05, 0) is 0 Å². The van der Waals surface area contributed by atoms with Gasteiger partial charge in [0.15, 0.2) is 6.21 Å². The maximum Gasteiger partial charge on any atom is 0.166 e. The molecule has 0 aromatic carbocycles. The summed E-state index contributed by atoms with van der Waals surface area (Å²) in [6, 6.07) is 0.